The van der Waals surface area contributed by atoms with E-state index in [4.69, 9.17) is 9.47 Å². The molecule has 2 heterocycles. The summed E-state index contributed by atoms with van der Waals surface area (Å²) in [7, 11) is 3.36. The number of ether oxygens (including phenoxy) is 2. The normalized spacial score (nSPS) is 18.8. The Labute approximate surface area is 182 Å². The molecule has 3 aromatic rings. The lowest BCUT2D eigenvalue weighted by molar-refractivity contribution is 0.175. The van der Waals surface area contributed by atoms with Gasteiger partial charge in [-0.25, -0.2) is 4.79 Å². The van der Waals surface area contributed by atoms with E-state index in [1.54, 1.807) is 14.2 Å². The summed E-state index contributed by atoms with van der Waals surface area (Å²) in [5, 5.41) is 4.45. The standard InChI is InChI=1S/C25H29N3O3/c1-30-18-9-7-16(8-10-18)24-23-20(21-15-19(31-2)11-12-22(21)27-23)13-14-28(24)25(29)26-17-5-3-4-6-17/h7-12,15,17,24,27H,3-6,13-14H2,1-2H3,(H,26,29)/t24-/m1/s1. The zero-order valence-corrected chi connectivity index (χ0v) is 18.1. The lowest BCUT2D eigenvalue weighted by Gasteiger charge is -2.37. The van der Waals surface area contributed by atoms with Gasteiger partial charge in [0.15, 0.2) is 0 Å². The highest BCUT2D eigenvalue weighted by Gasteiger charge is 2.35. The Morgan fingerprint density at radius 1 is 1.03 bits per heavy atom. The van der Waals surface area contributed by atoms with Gasteiger partial charge in [-0.2, -0.15) is 0 Å². The fourth-order valence-corrected chi connectivity index (χ4v) is 5.07. The van der Waals surface area contributed by atoms with Crippen LogP contribution in [0.4, 0.5) is 4.79 Å². The van der Waals surface area contributed by atoms with Gasteiger partial charge < -0.3 is 24.7 Å². The molecular weight excluding hydrogens is 390 g/mol. The fraction of sp³-hybridized carbons (Fsp3) is 0.400. The van der Waals surface area contributed by atoms with Crippen LogP contribution in [-0.2, 0) is 6.42 Å². The van der Waals surface area contributed by atoms with Crippen LogP contribution >= 0.6 is 0 Å². The number of fused-ring (bicyclic) bond motifs is 3. The Balaban J connectivity index is 1.57. The predicted molar refractivity (Wildman–Crippen MR) is 121 cm³/mol. The van der Waals surface area contributed by atoms with Crippen molar-refractivity contribution in [2.45, 2.75) is 44.2 Å². The minimum absolute atomic E-state index is 0.0228. The van der Waals surface area contributed by atoms with Gasteiger partial charge in [-0.15, -0.1) is 0 Å². The summed E-state index contributed by atoms with van der Waals surface area (Å²) < 4.78 is 10.8. The van der Waals surface area contributed by atoms with Crippen molar-refractivity contribution in [2.24, 2.45) is 0 Å². The van der Waals surface area contributed by atoms with E-state index in [-0.39, 0.29) is 18.1 Å². The van der Waals surface area contributed by atoms with Crippen LogP contribution in [0.2, 0.25) is 0 Å². The number of nitrogens with zero attached hydrogens (tertiary/aromatic N) is 1. The van der Waals surface area contributed by atoms with Crippen LogP contribution in [0.5, 0.6) is 11.5 Å². The lowest BCUT2D eigenvalue weighted by Crippen LogP contribution is -2.48. The van der Waals surface area contributed by atoms with Crippen LogP contribution in [0.3, 0.4) is 0 Å². The number of H-pyrrole nitrogens is 1. The molecule has 0 radical (unpaired) electrons. The molecule has 162 valence electrons. The summed E-state index contributed by atoms with van der Waals surface area (Å²) in [5.41, 5.74) is 4.49. The number of rotatable bonds is 4. The van der Waals surface area contributed by atoms with Crippen molar-refractivity contribution in [3.63, 3.8) is 0 Å². The van der Waals surface area contributed by atoms with Gasteiger partial charge in [0, 0.05) is 29.2 Å². The Morgan fingerprint density at radius 2 is 1.74 bits per heavy atom. The average Bonchev–Trinajstić information content (AvgIpc) is 3.45. The van der Waals surface area contributed by atoms with Crippen molar-refractivity contribution in [3.8, 4) is 11.5 Å². The molecule has 0 bridgehead atoms. The summed E-state index contributed by atoms with van der Waals surface area (Å²) in [6.07, 6.45) is 5.35. The molecule has 2 aliphatic rings. The molecular formula is C25H29N3O3. The summed E-state index contributed by atoms with van der Waals surface area (Å²) in [6, 6.07) is 14.3. The van der Waals surface area contributed by atoms with Gasteiger partial charge in [0.05, 0.1) is 20.3 Å². The summed E-state index contributed by atoms with van der Waals surface area (Å²) in [5.74, 6) is 1.65. The Morgan fingerprint density at radius 3 is 2.45 bits per heavy atom. The summed E-state index contributed by atoms with van der Waals surface area (Å²) >= 11 is 0. The van der Waals surface area contributed by atoms with E-state index < -0.39 is 0 Å². The SMILES string of the molecule is COc1ccc([C@@H]2c3[nH]c4ccc(OC)cc4c3CCN2C(=O)NC2CCCC2)cc1. The largest absolute Gasteiger partial charge is 0.497 e. The first-order valence-electron chi connectivity index (χ1n) is 11.1. The van der Waals surface area contributed by atoms with E-state index >= 15 is 0 Å². The number of carbonyl (C=O) groups is 1. The lowest BCUT2D eigenvalue weighted by atomic mass is 9.92. The highest BCUT2D eigenvalue weighted by molar-refractivity contribution is 5.87. The molecule has 2 N–H and O–H groups in total. The van der Waals surface area contributed by atoms with E-state index in [0.29, 0.717) is 6.54 Å². The Bertz CT molecular complexity index is 1080. The zero-order chi connectivity index (χ0) is 21.4. The van der Waals surface area contributed by atoms with Gasteiger partial charge in [0.2, 0.25) is 0 Å². The topological polar surface area (TPSA) is 66.6 Å². The van der Waals surface area contributed by atoms with Crippen molar-refractivity contribution < 1.29 is 14.3 Å². The second-order valence-corrected chi connectivity index (χ2v) is 8.48. The van der Waals surface area contributed by atoms with Gasteiger partial charge in [-0.05, 0) is 60.7 Å². The predicted octanol–water partition coefficient (Wildman–Crippen LogP) is 4.78. The Kier molecular flexibility index (Phi) is 5.22. The summed E-state index contributed by atoms with van der Waals surface area (Å²) in [6.45, 7) is 0.673. The number of hydrogen-bond acceptors (Lipinski definition) is 3. The van der Waals surface area contributed by atoms with E-state index in [1.165, 1.54) is 23.8 Å². The van der Waals surface area contributed by atoms with Crippen LogP contribution in [0, 0.1) is 0 Å². The zero-order valence-electron chi connectivity index (χ0n) is 18.1. The maximum atomic E-state index is 13.3. The first-order chi connectivity index (χ1) is 15.2. The first-order valence-corrected chi connectivity index (χ1v) is 11.1. The molecule has 1 atom stereocenters. The Hall–Kier alpha value is -3.15. The molecule has 0 saturated heterocycles. The summed E-state index contributed by atoms with van der Waals surface area (Å²) in [4.78, 5) is 18.9. The van der Waals surface area contributed by atoms with E-state index in [0.717, 1.165) is 47.5 Å². The number of methoxy groups -OCH3 is 2. The maximum absolute atomic E-state index is 13.3. The minimum atomic E-state index is -0.172. The number of carbonyl (C=O) groups excluding carboxylic acids is 1. The number of benzene rings is 2. The van der Waals surface area contributed by atoms with Crippen LogP contribution in [0.1, 0.15) is 48.5 Å². The van der Waals surface area contributed by atoms with Crippen LogP contribution in [-0.4, -0.2) is 42.7 Å². The third kappa shape index (κ3) is 3.60. The molecule has 1 aliphatic heterocycles. The smallest absolute Gasteiger partial charge is 0.318 e. The van der Waals surface area contributed by atoms with Crippen LogP contribution < -0.4 is 14.8 Å². The number of urea groups is 1. The molecule has 1 fully saturated rings. The third-order valence-corrected chi connectivity index (χ3v) is 6.71. The van der Waals surface area contributed by atoms with Crippen LogP contribution in [0.25, 0.3) is 10.9 Å². The molecule has 0 unspecified atom stereocenters. The van der Waals surface area contributed by atoms with Crippen molar-refractivity contribution >= 4 is 16.9 Å². The number of aromatic nitrogens is 1. The maximum Gasteiger partial charge on any atom is 0.318 e. The molecule has 1 aliphatic carbocycles. The molecule has 2 aromatic carbocycles. The quantitative estimate of drug-likeness (QED) is 0.639. The van der Waals surface area contributed by atoms with Gasteiger partial charge in [-0.1, -0.05) is 25.0 Å². The molecule has 0 spiro atoms. The van der Waals surface area contributed by atoms with Crippen LogP contribution in [0.15, 0.2) is 42.5 Å². The monoisotopic (exact) mass is 419 g/mol. The second-order valence-electron chi connectivity index (χ2n) is 8.48. The van der Waals surface area contributed by atoms with Crippen molar-refractivity contribution in [1.82, 2.24) is 15.2 Å². The number of aromatic amines is 1. The first kappa shape index (κ1) is 19.8. The molecule has 31 heavy (non-hydrogen) atoms. The van der Waals surface area contributed by atoms with Crippen molar-refractivity contribution in [3.05, 3.63) is 59.3 Å². The number of nitrogens with one attached hydrogen (secondary N) is 2. The highest BCUT2D eigenvalue weighted by Crippen LogP contribution is 2.40. The van der Waals surface area contributed by atoms with Gasteiger partial charge in [0.1, 0.15) is 11.5 Å². The average molecular weight is 420 g/mol. The number of amides is 2. The fourth-order valence-electron chi connectivity index (χ4n) is 5.07. The number of hydrogen-bond donors (Lipinski definition) is 2. The molecule has 1 aromatic heterocycles. The second kappa shape index (κ2) is 8.17. The third-order valence-electron chi connectivity index (χ3n) is 6.71. The van der Waals surface area contributed by atoms with Crippen molar-refractivity contribution in [2.75, 3.05) is 20.8 Å². The van der Waals surface area contributed by atoms with Crippen molar-refractivity contribution in [1.29, 1.82) is 0 Å². The van der Waals surface area contributed by atoms with Gasteiger partial charge in [-0.3, -0.25) is 0 Å². The van der Waals surface area contributed by atoms with E-state index in [1.807, 2.05) is 23.1 Å². The molecule has 1 saturated carbocycles. The molecule has 6 nitrogen and oxygen atoms in total. The van der Waals surface area contributed by atoms with Gasteiger partial charge >= 0.3 is 6.03 Å². The molecule has 5 rings (SSSR count). The highest BCUT2D eigenvalue weighted by atomic mass is 16.5. The van der Waals surface area contributed by atoms with E-state index in [9.17, 15) is 4.79 Å². The van der Waals surface area contributed by atoms with E-state index in [2.05, 4.69) is 34.6 Å². The molecule has 6 heteroatoms. The molecule has 2 amide bonds. The minimum Gasteiger partial charge on any atom is -0.497 e. The van der Waals surface area contributed by atoms with Gasteiger partial charge in [0.25, 0.3) is 0 Å².